The number of aliphatic hydroxyl groups excluding tert-OH is 1. The highest BCUT2D eigenvalue weighted by Crippen LogP contribution is 2.14. The topological polar surface area (TPSA) is 85.2 Å². The summed E-state index contributed by atoms with van der Waals surface area (Å²) >= 11 is 0. The van der Waals surface area contributed by atoms with Crippen LogP contribution in [0.15, 0.2) is 23.1 Å². The second-order valence-electron chi connectivity index (χ2n) is 2.73. The summed E-state index contributed by atoms with van der Waals surface area (Å²) in [5.74, 6) is 0. The number of fused-ring (bicyclic) bond motifs is 1. The lowest BCUT2D eigenvalue weighted by atomic mass is 10.1. The second kappa shape index (κ2) is 3.12. The number of oxazole rings is 1. The van der Waals surface area contributed by atoms with Gasteiger partial charge in [-0.2, -0.15) is 0 Å². The Morgan fingerprint density at radius 3 is 3.15 bits per heavy atom. The van der Waals surface area contributed by atoms with E-state index in [-0.39, 0.29) is 6.61 Å². The van der Waals surface area contributed by atoms with Crippen LogP contribution in [-0.4, -0.2) is 21.7 Å². The summed E-state index contributed by atoms with van der Waals surface area (Å²) in [6, 6.07) is 1.35. The van der Waals surface area contributed by atoms with Crippen LogP contribution in [0.1, 0.15) is 11.6 Å². The van der Waals surface area contributed by atoms with Crippen LogP contribution in [0.25, 0.3) is 11.2 Å². The lowest BCUT2D eigenvalue weighted by molar-refractivity contribution is 0.268. The van der Waals surface area contributed by atoms with Crippen LogP contribution in [0.5, 0.6) is 0 Å². The highest BCUT2D eigenvalue weighted by atomic mass is 16.3. The lowest BCUT2D eigenvalue weighted by Gasteiger charge is -2.06. The number of pyridine rings is 1. The second-order valence-corrected chi connectivity index (χ2v) is 2.73. The van der Waals surface area contributed by atoms with Gasteiger partial charge in [0.05, 0.1) is 12.6 Å². The Bertz CT molecular complexity index is 412. The lowest BCUT2D eigenvalue weighted by Crippen LogP contribution is -2.14. The zero-order chi connectivity index (χ0) is 9.26. The Labute approximate surface area is 74.2 Å². The summed E-state index contributed by atoms with van der Waals surface area (Å²) in [7, 11) is 0. The van der Waals surface area contributed by atoms with E-state index in [1.807, 2.05) is 0 Å². The molecule has 1 unspecified atom stereocenters. The fraction of sp³-hybridized carbons (Fsp3) is 0.250. The van der Waals surface area contributed by atoms with E-state index in [0.29, 0.717) is 11.2 Å². The summed E-state index contributed by atoms with van der Waals surface area (Å²) in [5, 5.41) is 8.81. The maximum atomic E-state index is 8.81. The standard InChI is InChI=1S/C8H9N3O2/c9-6(3-12)5-1-7-8(10-2-5)13-4-11-7/h1-2,4,6,12H,3,9H2. The molecule has 5 heteroatoms. The molecule has 0 aliphatic carbocycles. The molecule has 5 nitrogen and oxygen atoms in total. The van der Waals surface area contributed by atoms with Gasteiger partial charge >= 0.3 is 0 Å². The molecule has 2 aromatic rings. The largest absolute Gasteiger partial charge is 0.425 e. The van der Waals surface area contributed by atoms with Gasteiger partial charge in [-0.05, 0) is 11.6 Å². The number of nitrogens with zero attached hydrogens (tertiary/aromatic N) is 2. The third-order valence-corrected chi connectivity index (χ3v) is 1.83. The van der Waals surface area contributed by atoms with Gasteiger partial charge < -0.3 is 15.3 Å². The van der Waals surface area contributed by atoms with Crippen molar-refractivity contribution >= 4 is 11.2 Å². The molecule has 2 rings (SSSR count). The Morgan fingerprint density at radius 2 is 2.38 bits per heavy atom. The predicted octanol–water partition coefficient (Wildman–Crippen LogP) is 0.215. The fourth-order valence-electron chi connectivity index (χ4n) is 1.08. The normalized spacial score (nSPS) is 13.4. The molecule has 0 aliphatic heterocycles. The molecule has 0 aromatic carbocycles. The fourth-order valence-corrected chi connectivity index (χ4v) is 1.08. The number of aliphatic hydroxyl groups is 1. The molecule has 0 bridgehead atoms. The smallest absolute Gasteiger partial charge is 0.246 e. The highest BCUT2D eigenvalue weighted by molar-refractivity contribution is 5.67. The van der Waals surface area contributed by atoms with Gasteiger partial charge in [0, 0.05) is 6.20 Å². The zero-order valence-electron chi connectivity index (χ0n) is 6.84. The van der Waals surface area contributed by atoms with E-state index in [4.69, 9.17) is 15.3 Å². The molecular formula is C8H9N3O2. The van der Waals surface area contributed by atoms with Gasteiger partial charge in [-0.25, -0.2) is 9.97 Å². The minimum Gasteiger partial charge on any atom is -0.425 e. The first-order chi connectivity index (χ1) is 6.31. The first-order valence-electron chi connectivity index (χ1n) is 3.87. The van der Waals surface area contributed by atoms with Crippen molar-refractivity contribution in [2.45, 2.75) is 6.04 Å². The van der Waals surface area contributed by atoms with Crippen LogP contribution in [0.3, 0.4) is 0 Å². The minimum atomic E-state index is -0.409. The van der Waals surface area contributed by atoms with Crippen molar-refractivity contribution in [3.05, 3.63) is 24.2 Å². The van der Waals surface area contributed by atoms with Crippen molar-refractivity contribution in [1.29, 1.82) is 0 Å². The van der Waals surface area contributed by atoms with Gasteiger partial charge in [-0.3, -0.25) is 0 Å². The van der Waals surface area contributed by atoms with Crippen LogP contribution < -0.4 is 5.73 Å². The first kappa shape index (κ1) is 8.15. The SMILES string of the molecule is NC(CO)c1cnc2ocnc2c1. The number of hydrogen-bond acceptors (Lipinski definition) is 5. The molecule has 3 N–H and O–H groups in total. The molecule has 2 heterocycles. The summed E-state index contributed by atoms with van der Waals surface area (Å²) in [4.78, 5) is 7.92. The van der Waals surface area contributed by atoms with Gasteiger partial charge in [0.25, 0.3) is 0 Å². The quantitative estimate of drug-likeness (QED) is 0.688. The van der Waals surface area contributed by atoms with Crippen LogP contribution in [-0.2, 0) is 0 Å². The monoisotopic (exact) mass is 179 g/mol. The third kappa shape index (κ3) is 1.39. The molecule has 0 aliphatic rings. The molecule has 0 amide bonds. The van der Waals surface area contributed by atoms with Crippen molar-refractivity contribution in [1.82, 2.24) is 9.97 Å². The van der Waals surface area contributed by atoms with Gasteiger partial charge in [0.2, 0.25) is 5.71 Å². The van der Waals surface area contributed by atoms with Crippen molar-refractivity contribution in [2.24, 2.45) is 5.73 Å². The molecule has 2 aromatic heterocycles. The maximum absolute atomic E-state index is 8.81. The molecule has 0 saturated carbocycles. The van der Waals surface area contributed by atoms with Crippen molar-refractivity contribution < 1.29 is 9.52 Å². The number of hydrogen-bond donors (Lipinski definition) is 2. The molecule has 68 valence electrons. The molecule has 1 atom stereocenters. The molecule has 13 heavy (non-hydrogen) atoms. The summed E-state index contributed by atoms with van der Waals surface area (Å²) < 4.78 is 4.96. The minimum absolute atomic E-state index is 0.106. The maximum Gasteiger partial charge on any atom is 0.246 e. The van der Waals surface area contributed by atoms with Crippen LogP contribution in [0, 0.1) is 0 Å². The molecule has 0 fully saturated rings. The van der Waals surface area contributed by atoms with E-state index < -0.39 is 6.04 Å². The Balaban J connectivity index is 2.48. The van der Waals surface area contributed by atoms with Crippen molar-refractivity contribution in [2.75, 3.05) is 6.61 Å². The van der Waals surface area contributed by atoms with Crippen molar-refractivity contribution in [3.63, 3.8) is 0 Å². The van der Waals surface area contributed by atoms with E-state index in [0.717, 1.165) is 5.56 Å². The number of rotatable bonds is 2. The van der Waals surface area contributed by atoms with Crippen LogP contribution in [0.2, 0.25) is 0 Å². The highest BCUT2D eigenvalue weighted by Gasteiger charge is 2.07. The van der Waals surface area contributed by atoms with Crippen LogP contribution >= 0.6 is 0 Å². The molecule has 0 spiro atoms. The molecule has 0 radical (unpaired) electrons. The first-order valence-corrected chi connectivity index (χ1v) is 3.87. The number of nitrogens with two attached hydrogens (primary N) is 1. The van der Waals surface area contributed by atoms with Gasteiger partial charge in [-0.1, -0.05) is 0 Å². The van der Waals surface area contributed by atoms with E-state index in [1.54, 1.807) is 12.3 Å². The summed E-state index contributed by atoms with van der Waals surface area (Å²) in [6.45, 7) is -0.106. The average molecular weight is 179 g/mol. The molecular weight excluding hydrogens is 170 g/mol. The third-order valence-electron chi connectivity index (χ3n) is 1.83. The zero-order valence-corrected chi connectivity index (χ0v) is 6.84. The average Bonchev–Trinajstić information content (AvgIpc) is 2.63. The Hall–Kier alpha value is -1.46. The van der Waals surface area contributed by atoms with Crippen LogP contribution in [0.4, 0.5) is 0 Å². The number of aromatic nitrogens is 2. The Kier molecular flexibility index (Phi) is 1.96. The van der Waals surface area contributed by atoms with Gasteiger partial charge in [-0.15, -0.1) is 0 Å². The predicted molar refractivity (Wildman–Crippen MR) is 45.8 cm³/mol. The van der Waals surface area contributed by atoms with E-state index in [2.05, 4.69) is 9.97 Å². The van der Waals surface area contributed by atoms with Crippen molar-refractivity contribution in [3.8, 4) is 0 Å². The van der Waals surface area contributed by atoms with Gasteiger partial charge in [0.1, 0.15) is 5.52 Å². The molecule has 0 saturated heterocycles. The summed E-state index contributed by atoms with van der Waals surface area (Å²) in [5.41, 5.74) is 7.49. The van der Waals surface area contributed by atoms with E-state index in [9.17, 15) is 0 Å². The van der Waals surface area contributed by atoms with E-state index >= 15 is 0 Å². The van der Waals surface area contributed by atoms with E-state index in [1.165, 1.54) is 6.39 Å². The van der Waals surface area contributed by atoms with Gasteiger partial charge in [0.15, 0.2) is 6.39 Å². The Morgan fingerprint density at radius 1 is 1.54 bits per heavy atom. The summed E-state index contributed by atoms with van der Waals surface area (Å²) in [6.07, 6.45) is 2.90.